The zero-order chi connectivity index (χ0) is 16.0. The topological polar surface area (TPSA) is 13.0 Å². The van der Waals surface area contributed by atoms with Gasteiger partial charge in [-0.2, -0.15) is 0 Å². The summed E-state index contributed by atoms with van der Waals surface area (Å²) in [6.45, 7) is 16.1. The van der Waals surface area contributed by atoms with Crippen molar-refractivity contribution in [1.29, 1.82) is 0 Å². The molecular weight excluding hydrogens is 374 g/mol. The number of hydrogen-bond donors (Lipinski definition) is 0. The number of likely N-dealkylation sites (N-methyl/N-ethyl adjacent to an activating group) is 2. The van der Waals surface area contributed by atoms with Crippen LogP contribution in [0.3, 0.4) is 0 Å². The molecule has 2 saturated heterocycles. The van der Waals surface area contributed by atoms with Crippen molar-refractivity contribution in [3.63, 3.8) is 0 Å². The van der Waals surface area contributed by atoms with Crippen molar-refractivity contribution in [2.24, 2.45) is 0 Å². The summed E-state index contributed by atoms with van der Waals surface area (Å²) < 4.78 is -0.769. The van der Waals surface area contributed by atoms with Gasteiger partial charge in [-0.15, -0.1) is 0 Å². The van der Waals surface area contributed by atoms with Crippen molar-refractivity contribution in [3.8, 4) is 0 Å². The van der Waals surface area contributed by atoms with Crippen molar-refractivity contribution in [2.75, 3.05) is 72.0 Å². The maximum Gasteiger partial charge on any atom is 0.184 e. The molecule has 0 saturated carbocycles. The summed E-state index contributed by atoms with van der Waals surface area (Å²) in [6, 6.07) is 0. The molecule has 2 heterocycles. The smallest absolute Gasteiger partial charge is 0.184 e. The molecule has 0 aromatic rings. The molecule has 2 rings (SSSR count). The van der Waals surface area contributed by atoms with E-state index >= 15 is 0 Å². The van der Waals surface area contributed by atoms with Crippen molar-refractivity contribution in [3.05, 3.63) is 0 Å². The van der Waals surface area contributed by atoms with Gasteiger partial charge in [0.15, 0.2) is 4.46 Å². The molecule has 2 unspecified atom stereocenters. The predicted molar refractivity (Wildman–Crippen MR) is 95.9 cm³/mol. The van der Waals surface area contributed by atoms with Gasteiger partial charge in [0.25, 0.3) is 0 Å². The number of halogens is 2. The average Bonchev–Trinajstić information content (AvgIpc) is 2.51. The number of hydrogen-bond acceptors (Lipinski definition) is 4. The third-order valence-electron chi connectivity index (χ3n) is 5.04. The molecule has 0 aromatic carbocycles. The van der Waals surface area contributed by atoms with E-state index < -0.39 is 4.46 Å². The Morgan fingerprint density at radius 2 is 1.35 bits per heavy atom. The quantitative estimate of drug-likeness (QED) is 0.396. The minimum atomic E-state index is -0.769. The first-order valence-electron chi connectivity index (χ1n) is 8.85. The number of fused-ring (bicyclic) bond motifs is 3. The van der Waals surface area contributed by atoms with E-state index in [0.717, 1.165) is 65.3 Å². The normalized spacial score (nSPS) is 31.3. The van der Waals surface area contributed by atoms with Crippen LogP contribution in [0.15, 0.2) is 0 Å². The maximum absolute atomic E-state index is 6.75. The molecular formula is C16H32Cl2MnN4. The Morgan fingerprint density at radius 1 is 0.739 bits per heavy atom. The minimum Gasteiger partial charge on any atom is -0.302 e. The molecule has 2 bridgehead atoms. The Labute approximate surface area is 162 Å². The summed E-state index contributed by atoms with van der Waals surface area (Å²) in [5.74, 6) is 0. The largest absolute Gasteiger partial charge is 0.302 e. The van der Waals surface area contributed by atoms with Gasteiger partial charge in [0, 0.05) is 56.3 Å². The van der Waals surface area contributed by atoms with Gasteiger partial charge in [-0.1, -0.05) is 37.0 Å². The Balaban J connectivity index is 0.00000264. The third kappa shape index (κ3) is 6.99. The maximum atomic E-state index is 6.75. The monoisotopic (exact) mass is 405 g/mol. The van der Waals surface area contributed by atoms with E-state index in [0.29, 0.717) is 0 Å². The molecule has 0 aromatic heterocycles. The first-order chi connectivity index (χ1) is 10.5. The molecule has 4 nitrogen and oxygen atoms in total. The second kappa shape index (κ2) is 10.8. The van der Waals surface area contributed by atoms with E-state index in [1.54, 1.807) is 0 Å². The first-order valence-corrected chi connectivity index (χ1v) is 9.60. The van der Waals surface area contributed by atoms with E-state index in [4.69, 9.17) is 23.2 Å². The van der Waals surface area contributed by atoms with Crippen LogP contribution in [0.2, 0.25) is 0 Å². The van der Waals surface area contributed by atoms with Crippen LogP contribution < -0.4 is 0 Å². The average molecular weight is 406 g/mol. The Bertz CT molecular complexity index is 333. The van der Waals surface area contributed by atoms with Crippen LogP contribution in [0.1, 0.15) is 26.7 Å². The van der Waals surface area contributed by atoms with Crippen LogP contribution in [-0.4, -0.2) is 96.0 Å². The summed E-state index contributed by atoms with van der Waals surface area (Å²) in [5, 5.41) is 0. The van der Waals surface area contributed by atoms with Gasteiger partial charge in [0.05, 0.1) is 0 Å². The van der Waals surface area contributed by atoms with Crippen LogP contribution in [0, 0.1) is 0 Å². The van der Waals surface area contributed by atoms with Crippen molar-refractivity contribution < 1.29 is 17.1 Å². The van der Waals surface area contributed by atoms with Crippen LogP contribution in [0.5, 0.6) is 0 Å². The van der Waals surface area contributed by atoms with Gasteiger partial charge >= 0.3 is 0 Å². The van der Waals surface area contributed by atoms with Crippen LogP contribution in [-0.2, 0) is 17.1 Å². The van der Waals surface area contributed by atoms with Gasteiger partial charge in [0.2, 0.25) is 0 Å². The summed E-state index contributed by atoms with van der Waals surface area (Å²) in [4.78, 5) is 9.81. The predicted octanol–water partition coefficient (Wildman–Crippen LogP) is 2.17. The fourth-order valence-corrected chi connectivity index (χ4v) is 4.14. The second-order valence-corrected chi connectivity index (χ2v) is 7.95. The zero-order valence-corrected chi connectivity index (χ0v) is 17.3. The molecule has 7 heteroatoms. The number of rotatable bonds is 2. The van der Waals surface area contributed by atoms with E-state index in [1.807, 2.05) is 0 Å². The van der Waals surface area contributed by atoms with Crippen molar-refractivity contribution >= 4 is 23.2 Å². The molecule has 23 heavy (non-hydrogen) atoms. The van der Waals surface area contributed by atoms with Gasteiger partial charge in [-0.25, -0.2) is 0 Å². The SMILES string of the molecule is CCN1CCCN2CCN(CCCN(CC)CC2(Cl)Cl)CC1.[Mn]. The standard InChI is InChI=1S/C16H32Cl2N4.Mn/c1-3-19-7-6-10-22-14-13-21(12-11-19)9-5-8-20(4-2)15-16(22,17)18;/h3-15H2,1-2H3;. The Kier molecular flexibility index (Phi) is 10.3. The fourth-order valence-electron chi connectivity index (χ4n) is 3.47. The van der Waals surface area contributed by atoms with Gasteiger partial charge < -0.3 is 9.80 Å². The van der Waals surface area contributed by atoms with E-state index in [1.165, 1.54) is 19.5 Å². The first kappa shape index (κ1) is 22.0. The molecule has 0 N–H and O–H groups in total. The third-order valence-corrected chi connectivity index (χ3v) is 5.76. The van der Waals surface area contributed by atoms with Gasteiger partial charge in [-0.05, 0) is 45.6 Å². The van der Waals surface area contributed by atoms with Crippen molar-refractivity contribution in [1.82, 2.24) is 19.6 Å². The Morgan fingerprint density at radius 3 is 2.04 bits per heavy atom. The van der Waals surface area contributed by atoms with Crippen LogP contribution in [0.4, 0.5) is 0 Å². The van der Waals surface area contributed by atoms with Crippen LogP contribution >= 0.6 is 23.2 Å². The molecule has 2 fully saturated rings. The molecule has 0 spiro atoms. The second-order valence-electron chi connectivity index (χ2n) is 6.50. The molecule has 137 valence electrons. The summed E-state index contributed by atoms with van der Waals surface area (Å²) in [5.41, 5.74) is 0. The van der Waals surface area contributed by atoms with Gasteiger partial charge in [-0.3, -0.25) is 9.80 Å². The molecule has 2 aliphatic rings. The van der Waals surface area contributed by atoms with Crippen molar-refractivity contribution in [2.45, 2.75) is 31.1 Å². The Hall–Kier alpha value is 0.939. The number of alkyl halides is 2. The van der Waals surface area contributed by atoms with E-state index in [9.17, 15) is 0 Å². The zero-order valence-electron chi connectivity index (χ0n) is 14.6. The van der Waals surface area contributed by atoms with E-state index in [2.05, 4.69) is 33.4 Å². The number of nitrogens with zero attached hydrogens (tertiary/aromatic N) is 4. The fraction of sp³-hybridized carbons (Fsp3) is 1.00. The summed E-state index contributed by atoms with van der Waals surface area (Å²) >= 11 is 13.5. The van der Waals surface area contributed by atoms with Crippen LogP contribution in [0.25, 0.3) is 0 Å². The summed E-state index contributed by atoms with van der Waals surface area (Å²) in [6.07, 6.45) is 2.34. The molecule has 0 amide bonds. The summed E-state index contributed by atoms with van der Waals surface area (Å²) in [7, 11) is 0. The minimum absolute atomic E-state index is 0. The molecule has 1 radical (unpaired) electrons. The molecule has 2 aliphatic heterocycles. The van der Waals surface area contributed by atoms with Gasteiger partial charge in [0.1, 0.15) is 0 Å². The molecule has 0 aliphatic carbocycles. The van der Waals surface area contributed by atoms with E-state index in [-0.39, 0.29) is 17.1 Å². The molecule has 2 atom stereocenters.